The third kappa shape index (κ3) is 1.68. The molecule has 2 heteroatoms. The molecule has 0 aromatic rings. The summed E-state index contributed by atoms with van der Waals surface area (Å²) in [6, 6.07) is 0. The number of hydrogen-bond donors (Lipinski definition) is 1. The highest BCUT2D eigenvalue weighted by atomic mass is 16.3. The van der Waals surface area contributed by atoms with Gasteiger partial charge in [0.05, 0.1) is 5.76 Å². The third-order valence-electron chi connectivity index (χ3n) is 2.56. The van der Waals surface area contributed by atoms with E-state index in [1.807, 2.05) is 0 Å². The smallest absolute Gasteiger partial charge is 0.159 e. The Morgan fingerprint density at radius 1 is 1.67 bits per heavy atom. The number of Topliss-reactive ketones (excluding diaryl/α,β-unsaturated/α-hetero) is 1. The van der Waals surface area contributed by atoms with Crippen molar-refractivity contribution in [2.75, 3.05) is 0 Å². The zero-order valence-corrected chi connectivity index (χ0v) is 7.76. The van der Waals surface area contributed by atoms with Crippen molar-refractivity contribution in [2.24, 2.45) is 5.92 Å². The fraction of sp³-hybridized carbons (Fsp3) is 0.700. The van der Waals surface area contributed by atoms with E-state index >= 15 is 0 Å². The van der Waals surface area contributed by atoms with Gasteiger partial charge >= 0.3 is 0 Å². The molecule has 0 saturated heterocycles. The zero-order valence-electron chi connectivity index (χ0n) is 7.76. The van der Waals surface area contributed by atoms with E-state index in [0.29, 0.717) is 23.7 Å². The summed E-state index contributed by atoms with van der Waals surface area (Å²) in [6.45, 7) is 3.60. The van der Waals surface area contributed by atoms with Crippen LogP contribution < -0.4 is 0 Å². The molecule has 2 nitrogen and oxygen atoms in total. The van der Waals surface area contributed by atoms with Gasteiger partial charge in [-0.2, -0.15) is 0 Å². The maximum Gasteiger partial charge on any atom is 0.159 e. The van der Waals surface area contributed by atoms with Crippen LogP contribution >= 0.6 is 0 Å². The van der Waals surface area contributed by atoms with Crippen LogP contribution in [0.2, 0.25) is 0 Å². The number of allylic oxidation sites excluding steroid dienone is 2. The number of hydrogen-bond acceptors (Lipinski definition) is 2. The molecule has 1 aliphatic rings. The van der Waals surface area contributed by atoms with Gasteiger partial charge in [0.15, 0.2) is 5.78 Å². The molecule has 0 spiro atoms. The summed E-state index contributed by atoms with van der Waals surface area (Å²) in [5.41, 5.74) is 0.684. The molecule has 0 amide bonds. The first-order valence-corrected chi connectivity index (χ1v) is 4.59. The third-order valence-corrected chi connectivity index (χ3v) is 2.56. The maximum absolute atomic E-state index is 11.2. The second-order valence-corrected chi connectivity index (χ2v) is 3.41. The predicted octanol–water partition coefficient (Wildman–Crippen LogP) is 2.60. The van der Waals surface area contributed by atoms with Crippen LogP contribution in [0.15, 0.2) is 11.3 Å². The molecule has 0 bridgehead atoms. The van der Waals surface area contributed by atoms with E-state index in [9.17, 15) is 9.90 Å². The SMILES string of the molecule is CCC1CCCC(O)=C1C(C)=O. The number of ketones is 1. The molecular formula is C10H16O2. The predicted molar refractivity (Wildman–Crippen MR) is 48.0 cm³/mol. The van der Waals surface area contributed by atoms with Gasteiger partial charge in [-0.3, -0.25) is 4.79 Å². The number of rotatable bonds is 2. The highest BCUT2D eigenvalue weighted by Gasteiger charge is 2.24. The fourth-order valence-electron chi connectivity index (χ4n) is 1.93. The van der Waals surface area contributed by atoms with E-state index in [1.54, 1.807) is 6.92 Å². The largest absolute Gasteiger partial charge is 0.512 e. The highest BCUT2D eigenvalue weighted by molar-refractivity contribution is 5.94. The lowest BCUT2D eigenvalue weighted by molar-refractivity contribution is -0.114. The Morgan fingerprint density at radius 3 is 2.75 bits per heavy atom. The summed E-state index contributed by atoms with van der Waals surface area (Å²) in [7, 11) is 0. The lowest BCUT2D eigenvalue weighted by Crippen LogP contribution is -2.17. The van der Waals surface area contributed by atoms with Crippen LogP contribution in [0.25, 0.3) is 0 Å². The van der Waals surface area contributed by atoms with Crippen molar-refractivity contribution in [1.29, 1.82) is 0 Å². The molecule has 0 fully saturated rings. The molecule has 12 heavy (non-hydrogen) atoms. The van der Waals surface area contributed by atoms with Gasteiger partial charge in [-0.1, -0.05) is 6.92 Å². The Morgan fingerprint density at radius 2 is 2.33 bits per heavy atom. The Bertz CT molecular complexity index is 216. The maximum atomic E-state index is 11.2. The average molecular weight is 168 g/mol. The standard InChI is InChI=1S/C10H16O2/c1-3-8-5-4-6-9(12)10(8)7(2)11/h8,12H,3-6H2,1-2H3. The van der Waals surface area contributed by atoms with E-state index in [0.717, 1.165) is 19.3 Å². The van der Waals surface area contributed by atoms with E-state index in [2.05, 4.69) is 6.92 Å². The van der Waals surface area contributed by atoms with Crippen molar-refractivity contribution in [2.45, 2.75) is 39.5 Å². The minimum Gasteiger partial charge on any atom is -0.512 e. The lowest BCUT2D eigenvalue weighted by Gasteiger charge is -2.23. The average Bonchev–Trinajstić information content (AvgIpc) is 2.03. The van der Waals surface area contributed by atoms with E-state index in [-0.39, 0.29) is 5.78 Å². The van der Waals surface area contributed by atoms with Gasteiger partial charge in [-0.05, 0) is 32.1 Å². The zero-order chi connectivity index (χ0) is 9.14. The summed E-state index contributed by atoms with van der Waals surface area (Å²) in [4.78, 5) is 11.2. The summed E-state index contributed by atoms with van der Waals surface area (Å²) in [6.07, 6.45) is 3.71. The molecule has 1 rings (SSSR count). The van der Waals surface area contributed by atoms with Crippen molar-refractivity contribution < 1.29 is 9.90 Å². The minimum atomic E-state index is 0.0408. The van der Waals surface area contributed by atoms with Gasteiger partial charge < -0.3 is 5.11 Å². The van der Waals surface area contributed by atoms with Gasteiger partial charge in [-0.25, -0.2) is 0 Å². The molecule has 0 saturated carbocycles. The van der Waals surface area contributed by atoms with Crippen molar-refractivity contribution in [3.63, 3.8) is 0 Å². The second-order valence-electron chi connectivity index (χ2n) is 3.41. The van der Waals surface area contributed by atoms with Crippen LogP contribution in [-0.2, 0) is 4.79 Å². The van der Waals surface area contributed by atoms with Crippen molar-refractivity contribution in [3.8, 4) is 0 Å². The fourth-order valence-corrected chi connectivity index (χ4v) is 1.93. The summed E-state index contributed by atoms with van der Waals surface area (Å²) >= 11 is 0. The molecule has 68 valence electrons. The van der Waals surface area contributed by atoms with Gasteiger partial charge in [0.1, 0.15) is 0 Å². The number of aliphatic hydroxyl groups is 1. The molecule has 0 aromatic carbocycles. The quantitative estimate of drug-likeness (QED) is 0.688. The number of carbonyl (C=O) groups is 1. The first-order chi connectivity index (χ1) is 5.66. The van der Waals surface area contributed by atoms with Crippen molar-refractivity contribution in [1.82, 2.24) is 0 Å². The van der Waals surface area contributed by atoms with Crippen molar-refractivity contribution >= 4 is 5.78 Å². The Balaban J connectivity index is 2.91. The normalized spacial score (nSPS) is 24.3. The number of aliphatic hydroxyl groups excluding tert-OH is 1. The molecule has 0 heterocycles. The van der Waals surface area contributed by atoms with E-state index < -0.39 is 0 Å². The summed E-state index contributed by atoms with van der Waals surface area (Å²) in [5, 5.41) is 9.50. The first kappa shape index (κ1) is 9.30. The topological polar surface area (TPSA) is 37.3 Å². The molecule has 1 atom stereocenters. The summed E-state index contributed by atoms with van der Waals surface area (Å²) in [5.74, 6) is 0.677. The number of carbonyl (C=O) groups excluding carboxylic acids is 1. The van der Waals surface area contributed by atoms with Crippen LogP contribution in [0.5, 0.6) is 0 Å². The Labute approximate surface area is 73.3 Å². The first-order valence-electron chi connectivity index (χ1n) is 4.59. The second kappa shape index (κ2) is 3.74. The van der Waals surface area contributed by atoms with Crippen molar-refractivity contribution in [3.05, 3.63) is 11.3 Å². The Kier molecular flexibility index (Phi) is 2.90. The molecular weight excluding hydrogens is 152 g/mol. The van der Waals surface area contributed by atoms with Gasteiger partial charge in [-0.15, -0.1) is 0 Å². The van der Waals surface area contributed by atoms with Gasteiger partial charge in [0.2, 0.25) is 0 Å². The molecule has 0 aliphatic heterocycles. The molecule has 0 radical (unpaired) electrons. The van der Waals surface area contributed by atoms with E-state index in [1.165, 1.54) is 0 Å². The molecule has 0 aromatic heterocycles. The minimum absolute atomic E-state index is 0.0408. The lowest BCUT2D eigenvalue weighted by atomic mass is 9.83. The monoisotopic (exact) mass is 168 g/mol. The Hall–Kier alpha value is -0.790. The van der Waals surface area contributed by atoms with Crippen LogP contribution in [0.1, 0.15) is 39.5 Å². The van der Waals surface area contributed by atoms with Crippen LogP contribution in [-0.4, -0.2) is 10.9 Å². The van der Waals surface area contributed by atoms with Crippen LogP contribution in [0.4, 0.5) is 0 Å². The van der Waals surface area contributed by atoms with Gasteiger partial charge in [0, 0.05) is 12.0 Å². The van der Waals surface area contributed by atoms with E-state index in [4.69, 9.17) is 0 Å². The van der Waals surface area contributed by atoms with Crippen LogP contribution in [0.3, 0.4) is 0 Å². The summed E-state index contributed by atoms with van der Waals surface area (Å²) < 4.78 is 0. The van der Waals surface area contributed by atoms with Gasteiger partial charge in [0.25, 0.3) is 0 Å². The van der Waals surface area contributed by atoms with Crippen LogP contribution in [0, 0.1) is 5.92 Å². The highest BCUT2D eigenvalue weighted by Crippen LogP contribution is 2.31. The molecule has 1 N–H and O–H groups in total. The molecule has 1 aliphatic carbocycles. The molecule has 1 unspecified atom stereocenters.